The second-order valence-electron chi connectivity index (χ2n) is 3.77. The summed E-state index contributed by atoms with van der Waals surface area (Å²) in [5.74, 6) is 0.808. The van der Waals surface area contributed by atoms with Gasteiger partial charge in [-0.1, -0.05) is 0 Å². The van der Waals surface area contributed by atoms with E-state index in [4.69, 9.17) is 5.26 Å². The zero-order chi connectivity index (χ0) is 13.2. The van der Waals surface area contributed by atoms with Gasteiger partial charge in [-0.05, 0) is 18.2 Å². The third-order valence-corrected chi connectivity index (χ3v) is 5.50. The van der Waals surface area contributed by atoms with Crippen molar-refractivity contribution in [3.63, 3.8) is 0 Å². The average molecular weight is 286 g/mol. The van der Waals surface area contributed by atoms with E-state index in [2.05, 4.69) is 0 Å². The fourth-order valence-corrected chi connectivity index (χ4v) is 4.29. The molecular weight excluding hydrogens is 275 g/mol. The second kappa shape index (κ2) is 5.26. The topological polar surface area (TPSA) is 61.2 Å². The number of rotatable bonds is 2. The Morgan fingerprint density at radius 3 is 2.61 bits per heavy atom. The standard InChI is InChI=1S/C11H11FN2O2S2/c12-11-2-1-10(7-9(11)8-13)18(15,16)14-3-5-17-6-4-14/h1-2,7H,3-6H2. The maximum absolute atomic E-state index is 13.2. The first kappa shape index (κ1) is 13.3. The van der Waals surface area contributed by atoms with Gasteiger partial charge in [0.05, 0.1) is 10.5 Å². The fraction of sp³-hybridized carbons (Fsp3) is 0.364. The minimum Gasteiger partial charge on any atom is -0.207 e. The summed E-state index contributed by atoms with van der Waals surface area (Å²) in [6, 6.07) is 4.96. The number of halogens is 1. The molecule has 0 amide bonds. The van der Waals surface area contributed by atoms with Crippen molar-refractivity contribution in [2.75, 3.05) is 24.6 Å². The van der Waals surface area contributed by atoms with Crippen molar-refractivity contribution >= 4 is 21.8 Å². The predicted octanol–water partition coefficient (Wildman–Crippen LogP) is 1.43. The summed E-state index contributed by atoms with van der Waals surface area (Å²) in [4.78, 5) is -0.0210. The van der Waals surface area contributed by atoms with Gasteiger partial charge in [0, 0.05) is 24.6 Å². The minimum atomic E-state index is -3.61. The maximum atomic E-state index is 13.2. The molecule has 0 spiro atoms. The zero-order valence-electron chi connectivity index (χ0n) is 9.47. The van der Waals surface area contributed by atoms with Crippen LogP contribution in [0.2, 0.25) is 0 Å². The van der Waals surface area contributed by atoms with Crippen LogP contribution in [0.25, 0.3) is 0 Å². The van der Waals surface area contributed by atoms with E-state index in [-0.39, 0.29) is 10.5 Å². The highest BCUT2D eigenvalue weighted by molar-refractivity contribution is 7.99. The number of hydrogen-bond donors (Lipinski definition) is 0. The Morgan fingerprint density at radius 2 is 2.00 bits per heavy atom. The maximum Gasteiger partial charge on any atom is 0.243 e. The molecule has 1 heterocycles. The summed E-state index contributed by atoms with van der Waals surface area (Å²) >= 11 is 1.70. The van der Waals surface area contributed by atoms with Crippen LogP contribution in [-0.4, -0.2) is 37.3 Å². The van der Waals surface area contributed by atoms with Gasteiger partial charge in [-0.15, -0.1) is 0 Å². The van der Waals surface area contributed by atoms with Crippen LogP contribution in [0.1, 0.15) is 5.56 Å². The smallest absolute Gasteiger partial charge is 0.207 e. The quantitative estimate of drug-likeness (QED) is 0.825. The summed E-state index contributed by atoms with van der Waals surface area (Å²) in [6.45, 7) is 0.901. The first-order chi connectivity index (χ1) is 8.55. The molecule has 1 aromatic carbocycles. The third kappa shape index (κ3) is 2.51. The van der Waals surface area contributed by atoms with Gasteiger partial charge in [0.2, 0.25) is 10.0 Å². The largest absolute Gasteiger partial charge is 0.243 e. The molecule has 0 atom stereocenters. The van der Waals surface area contributed by atoms with E-state index in [1.807, 2.05) is 0 Å². The van der Waals surface area contributed by atoms with Crippen molar-refractivity contribution in [2.24, 2.45) is 0 Å². The Kier molecular flexibility index (Phi) is 3.90. The van der Waals surface area contributed by atoms with Gasteiger partial charge in [-0.25, -0.2) is 12.8 Å². The molecular formula is C11H11FN2O2S2. The molecule has 1 aliphatic heterocycles. The van der Waals surface area contributed by atoms with Crippen molar-refractivity contribution in [1.82, 2.24) is 4.31 Å². The number of thioether (sulfide) groups is 1. The van der Waals surface area contributed by atoms with Crippen LogP contribution >= 0.6 is 11.8 Å². The zero-order valence-corrected chi connectivity index (χ0v) is 11.1. The molecule has 1 aliphatic rings. The van der Waals surface area contributed by atoms with Gasteiger partial charge < -0.3 is 0 Å². The molecule has 0 aliphatic carbocycles. The van der Waals surface area contributed by atoms with E-state index in [0.29, 0.717) is 13.1 Å². The van der Waals surface area contributed by atoms with E-state index in [1.54, 1.807) is 17.8 Å². The molecule has 7 heteroatoms. The van der Waals surface area contributed by atoms with Crippen LogP contribution in [0.15, 0.2) is 23.1 Å². The van der Waals surface area contributed by atoms with Crippen molar-refractivity contribution in [3.05, 3.63) is 29.6 Å². The van der Waals surface area contributed by atoms with Crippen molar-refractivity contribution in [3.8, 4) is 6.07 Å². The molecule has 0 radical (unpaired) electrons. The molecule has 0 N–H and O–H groups in total. The molecule has 1 saturated heterocycles. The lowest BCUT2D eigenvalue weighted by Crippen LogP contribution is -2.37. The second-order valence-corrected chi connectivity index (χ2v) is 6.93. The molecule has 2 rings (SSSR count). The van der Waals surface area contributed by atoms with E-state index >= 15 is 0 Å². The molecule has 1 aromatic rings. The van der Waals surface area contributed by atoms with Gasteiger partial charge in [-0.2, -0.15) is 21.3 Å². The number of sulfonamides is 1. The van der Waals surface area contributed by atoms with Crippen LogP contribution in [0.5, 0.6) is 0 Å². The predicted molar refractivity (Wildman–Crippen MR) is 67.2 cm³/mol. The molecule has 96 valence electrons. The number of benzene rings is 1. The SMILES string of the molecule is N#Cc1cc(S(=O)(=O)N2CCSCC2)ccc1F. The van der Waals surface area contributed by atoms with Crippen molar-refractivity contribution in [1.29, 1.82) is 5.26 Å². The number of nitriles is 1. The van der Waals surface area contributed by atoms with Gasteiger partial charge in [0.1, 0.15) is 11.9 Å². The van der Waals surface area contributed by atoms with E-state index in [1.165, 1.54) is 10.4 Å². The Balaban J connectivity index is 2.38. The van der Waals surface area contributed by atoms with E-state index in [9.17, 15) is 12.8 Å². The molecule has 0 bridgehead atoms. The molecule has 0 saturated carbocycles. The molecule has 18 heavy (non-hydrogen) atoms. The number of hydrogen-bond acceptors (Lipinski definition) is 4. The lowest BCUT2D eigenvalue weighted by molar-refractivity contribution is 0.443. The number of nitrogens with zero attached hydrogens (tertiary/aromatic N) is 2. The molecule has 0 aromatic heterocycles. The van der Waals surface area contributed by atoms with E-state index < -0.39 is 15.8 Å². The van der Waals surface area contributed by atoms with Crippen LogP contribution in [-0.2, 0) is 10.0 Å². The third-order valence-electron chi connectivity index (χ3n) is 2.67. The Hall–Kier alpha value is -1.10. The first-order valence-electron chi connectivity index (χ1n) is 5.33. The first-order valence-corrected chi connectivity index (χ1v) is 7.93. The highest BCUT2D eigenvalue weighted by atomic mass is 32.2. The summed E-state index contributed by atoms with van der Waals surface area (Å²) in [5, 5.41) is 8.72. The van der Waals surface area contributed by atoms with Gasteiger partial charge in [0.15, 0.2) is 0 Å². The normalized spacial score (nSPS) is 17.3. The summed E-state index contributed by atoms with van der Waals surface area (Å²) in [6.07, 6.45) is 0. The average Bonchev–Trinajstić information content (AvgIpc) is 2.40. The van der Waals surface area contributed by atoms with Crippen LogP contribution in [0.3, 0.4) is 0 Å². The van der Waals surface area contributed by atoms with Crippen LogP contribution < -0.4 is 0 Å². The minimum absolute atomic E-state index is 0.0210. The Morgan fingerprint density at radius 1 is 1.33 bits per heavy atom. The summed E-state index contributed by atoms with van der Waals surface area (Å²) in [5.41, 5.74) is -0.248. The lowest BCUT2D eigenvalue weighted by atomic mass is 10.2. The Bertz CT molecular complexity index is 590. The van der Waals surface area contributed by atoms with E-state index in [0.717, 1.165) is 23.6 Å². The Labute approximate surface area is 109 Å². The highest BCUT2D eigenvalue weighted by Crippen LogP contribution is 2.21. The highest BCUT2D eigenvalue weighted by Gasteiger charge is 2.26. The fourth-order valence-electron chi connectivity index (χ4n) is 1.69. The van der Waals surface area contributed by atoms with Gasteiger partial charge >= 0.3 is 0 Å². The van der Waals surface area contributed by atoms with Crippen molar-refractivity contribution < 1.29 is 12.8 Å². The molecule has 1 fully saturated rings. The van der Waals surface area contributed by atoms with Gasteiger partial charge in [0.25, 0.3) is 0 Å². The van der Waals surface area contributed by atoms with Crippen LogP contribution in [0.4, 0.5) is 4.39 Å². The van der Waals surface area contributed by atoms with Gasteiger partial charge in [-0.3, -0.25) is 0 Å². The van der Waals surface area contributed by atoms with Crippen LogP contribution in [0, 0.1) is 17.1 Å². The summed E-state index contributed by atoms with van der Waals surface area (Å²) < 4.78 is 39.0. The molecule has 0 unspecified atom stereocenters. The lowest BCUT2D eigenvalue weighted by Gasteiger charge is -2.25. The summed E-state index contributed by atoms with van der Waals surface area (Å²) in [7, 11) is -3.61. The van der Waals surface area contributed by atoms with Crippen molar-refractivity contribution in [2.45, 2.75) is 4.90 Å². The monoisotopic (exact) mass is 286 g/mol. The molecule has 4 nitrogen and oxygen atoms in total.